The predicted molar refractivity (Wildman–Crippen MR) is 76.8 cm³/mol. The first kappa shape index (κ1) is 14.6. The van der Waals surface area contributed by atoms with Crippen molar-refractivity contribution in [2.24, 2.45) is 0 Å². The second-order valence-corrected chi connectivity index (χ2v) is 5.43. The van der Waals surface area contributed by atoms with Crippen molar-refractivity contribution in [1.82, 2.24) is 5.32 Å². The Balaban J connectivity index is 2.03. The van der Waals surface area contributed by atoms with Crippen LogP contribution in [0, 0.1) is 0 Å². The van der Waals surface area contributed by atoms with Gasteiger partial charge in [0.15, 0.2) is 0 Å². The molecule has 0 aliphatic rings. The Morgan fingerprint density at radius 1 is 1.24 bits per heavy atom. The highest BCUT2D eigenvalue weighted by molar-refractivity contribution is 7.99. The van der Waals surface area contributed by atoms with Gasteiger partial charge in [-0.1, -0.05) is 37.3 Å². The summed E-state index contributed by atoms with van der Waals surface area (Å²) in [4.78, 5) is 0. The molecule has 0 radical (unpaired) electrons. The third-order valence-electron chi connectivity index (χ3n) is 2.69. The minimum Gasteiger partial charge on any atom is -0.396 e. The lowest BCUT2D eigenvalue weighted by Crippen LogP contribution is -2.22. The number of thioether (sulfide) groups is 1. The minimum absolute atomic E-state index is 0.311. The molecule has 0 saturated carbocycles. The molecule has 0 unspecified atom stereocenters. The van der Waals surface area contributed by atoms with E-state index in [1.54, 1.807) is 0 Å². The normalized spacial score (nSPS) is 12.6. The first-order valence-corrected chi connectivity index (χ1v) is 7.44. The summed E-state index contributed by atoms with van der Waals surface area (Å²) >= 11 is 1.90. The zero-order valence-corrected chi connectivity index (χ0v) is 11.4. The average Bonchev–Trinajstić information content (AvgIpc) is 2.38. The molecular weight excluding hydrogens is 230 g/mol. The number of hydrogen-bond acceptors (Lipinski definition) is 3. The lowest BCUT2D eigenvalue weighted by atomic mass is 10.0. The van der Waals surface area contributed by atoms with E-state index in [1.807, 2.05) is 11.8 Å². The van der Waals surface area contributed by atoms with Gasteiger partial charge in [0.1, 0.15) is 0 Å². The highest BCUT2D eigenvalue weighted by Crippen LogP contribution is 2.12. The molecule has 0 fully saturated rings. The fourth-order valence-electron chi connectivity index (χ4n) is 1.63. The van der Waals surface area contributed by atoms with E-state index < -0.39 is 0 Å². The lowest BCUT2D eigenvalue weighted by Gasteiger charge is -2.12. The topological polar surface area (TPSA) is 32.3 Å². The molecule has 0 amide bonds. The molecule has 17 heavy (non-hydrogen) atoms. The van der Waals surface area contributed by atoms with Crippen molar-refractivity contribution in [3.8, 4) is 0 Å². The van der Waals surface area contributed by atoms with Gasteiger partial charge >= 0.3 is 0 Å². The monoisotopic (exact) mass is 253 g/mol. The second-order valence-electron chi connectivity index (χ2n) is 4.21. The van der Waals surface area contributed by atoms with Crippen molar-refractivity contribution in [3.05, 3.63) is 35.9 Å². The number of aliphatic hydroxyl groups excluding tert-OH is 1. The van der Waals surface area contributed by atoms with Crippen LogP contribution >= 0.6 is 11.8 Å². The van der Waals surface area contributed by atoms with Crippen molar-refractivity contribution >= 4 is 11.8 Å². The summed E-state index contributed by atoms with van der Waals surface area (Å²) in [5.41, 5.74) is 1.40. The molecule has 1 atom stereocenters. The smallest absolute Gasteiger partial charge is 0.0438 e. The maximum absolute atomic E-state index is 8.64. The Bertz CT molecular complexity index is 279. The minimum atomic E-state index is 0.311. The molecule has 96 valence electrons. The van der Waals surface area contributed by atoms with Gasteiger partial charge in [-0.05, 0) is 23.7 Å². The van der Waals surface area contributed by atoms with E-state index in [4.69, 9.17) is 5.11 Å². The van der Waals surface area contributed by atoms with Gasteiger partial charge in [-0.2, -0.15) is 11.8 Å². The summed E-state index contributed by atoms with van der Waals surface area (Å²) in [6, 6.07) is 10.6. The molecule has 1 aromatic rings. The van der Waals surface area contributed by atoms with Crippen LogP contribution in [0.4, 0.5) is 0 Å². The summed E-state index contributed by atoms with van der Waals surface area (Å²) < 4.78 is 0. The molecule has 0 saturated heterocycles. The zero-order valence-electron chi connectivity index (χ0n) is 10.6. The molecule has 0 bridgehead atoms. The molecule has 0 aliphatic carbocycles. The number of nitrogens with one attached hydrogen (secondary N) is 1. The van der Waals surface area contributed by atoms with Gasteiger partial charge in [0.2, 0.25) is 0 Å². The van der Waals surface area contributed by atoms with Gasteiger partial charge in [-0.25, -0.2) is 0 Å². The van der Waals surface area contributed by atoms with Crippen molar-refractivity contribution < 1.29 is 5.11 Å². The summed E-state index contributed by atoms with van der Waals surface area (Å²) in [6.07, 6.45) is 0.908. The van der Waals surface area contributed by atoms with Gasteiger partial charge in [-0.3, -0.25) is 0 Å². The van der Waals surface area contributed by atoms with Crippen LogP contribution < -0.4 is 5.32 Å². The zero-order chi connectivity index (χ0) is 12.3. The highest BCUT2D eigenvalue weighted by Gasteiger charge is 2.03. The fourth-order valence-corrected chi connectivity index (χ4v) is 2.46. The summed E-state index contributed by atoms with van der Waals surface area (Å²) in [7, 11) is 0. The van der Waals surface area contributed by atoms with E-state index in [0.717, 1.165) is 31.0 Å². The summed E-state index contributed by atoms with van der Waals surface area (Å²) in [5.74, 6) is 2.76. The Morgan fingerprint density at radius 2 is 2.00 bits per heavy atom. The molecule has 2 nitrogen and oxygen atoms in total. The van der Waals surface area contributed by atoms with Crippen LogP contribution in [-0.2, 0) is 0 Å². The molecule has 3 heteroatoms. The maximum atomic E-state index is 8.64. The van der Waals surface area contributed by atoms with E-state index in [1.165, 1.54) is 5.56 Å². The lowest BCUT2D eigenvalue weighted by molar-refractivity contribution is 0.296. The molecule has 2 N–H and O–H groups in total. The van der Waals surface area contributed by atoms with Crippen molar-refractivity contribution in [2.45, 2.75) is 19.3 Å². The highest BCUT2D eigenvalue weighted by atomic mass is 32.2. The molecule has 0 heterocycles. The van der Waals surface area contributed by atoms with Gasteiger partial charge in [0, 0.05) is 25.4 Å². The number of hydrogen-bond donors (Lipinski definition) is 2. The van der Waals surface area contributed by atoms with Crippen LogP contribution in [-0.4, -0.2) is 36.3 Å². The number of aliphatic hydroxyl groups is 1. The first-order valence-electron chi connectivity index (χ1n) is 6.29. The van der Waals surface area contributed by atoms with E-state index in [0.29, 0.717) is 12.5 Å². The molecule has 1 rings (SSSR count). The van der Waals surface area contributed by atoms with Crippen LogP contribution in [0.15, 0.2) is 30.3 Å². The Hall–Kier alpha value is -0.510. The van der Waals surface area contributed by atoms with Crippen LogP contribution in [0.3, 0.4) is 0 Å². The van der Waals surface area contributed by atoms with Gasteiger partial charge in [0.25, 0.3) is 0 Å². The van der Waals surface area contributed by atoms with Crippen molar-refractivity contribution in [1.29, 1.82) is 0 Å². The maximum Gasteiger partial charge on any atom is 0.0438 e. The van der Waals surface area contributed by atoms with Crippen LogP contribution in [0.25, 0.3) is 0 Å². The van der Waals surface area contributed by atoms with E-state index in [-0.39, 0.29) is 0 Å². The molecule has 0 aliphatic heterocycles. The molecular formula is C14H23NOS. The quantitative estimate of drug-likeness (QED) is 0.663. The Kier molecular flexibility index (Phi) is 8.14. The third-order valence-corrected chi connectivity index (χ3v) is 3.76. The second kappa shape index (κ2) is 9.51. The number of benzene rings is 1. The summed E-state index contributed by atoms with van der Waals surface area (Å²) in [6.45, 7) is 4.64. The van der Waals surface area contributed by atoms with E-state index >= 15 is 0 Å². The Morgan fingerprint density at radius 3 is 2.71 bits per heavy atom. The van der Waals surface area contributed by atoms with Crippen LogP contribution in [0.2, 0.25) is 0 Å². The summed E-state index contributed by atoms with van der Waals surface area (Å²) in [5, 5.41) is 12.1. The van der Waals surface area contributed by atoms with Crippen molar-refractivity contribution in [2.75, 3.05) is 31.2 Å². The Labute approximate surface area is 109 Å². The van der Waals surface area contributed by atoms with Crippen LogP contribution in [0.1, 0.15) is 24.8 Å². The average molecular weight is 253 g/mol. The van der Waals surface area contributed by atoms with E-state index in [9.17, 15) is 0 Å². The number of rotatable bonds is 9. The van der Waals surface area contributed by atoms with Gasteiger partial charge < -0.3 is 10.4 Å². The fraction of sp³-hybridized carbons (Fsp3) is 0.571. The van der Waals surface area contributed by atoms with Gasteiger partial charge in [-0.15, -0.1) is 0 Å². The molecule has 1 aromatic carbocycles. The standard InChI is InChI=1S/C14H23NOS/c1-13(14-6-3-2-4-7-14)12-15-8-11-17-10-5-9-16/h2-4,6-7,13,15-16H,5,8-12H2,1H3/t13-/m1/s1. The SMILES string of the molecule is C[C@H](CNCCSCCCO)c1ccccc1. The molecule has 0 aromatic heterocycles. The van der Waals surface area contributed by atoms with E-state index in [2.05, 4.69) is 42.6 Å². The largest absolute Gasteiger partial charge is 0.396 e. The molecule has 0 spiro atoms. The third kappa shape index (κ3) is 6.71. The first-order chi connectivity index (χ1) is 8.34. The van der Waals surface area contributed by atoms with Crippen molar-refractivity contribution in [3.63, 3.8) is 0 Å². The van der Waals surface area contributed by atoms with Gasteiger partial charge in [0.05, 0.1) is 0 Å². The predicted octanol–water partition coefficient (Wildman–Crippen LogP) is 2.50. The van der Waals surface area contributed by atoms with Crippen LogP contribution in [0.5, 0.6) is 0 Å².